The second kappa shape index (κ2) is 9.94. The SMILES string of the molecule is CCN(CC)C(C)/C=C(\C)C(=O)OC(C)N(CC)CC. The molecule has 0 fully saturated rings. The number of ether oxygens (including phenoxy) is 1. The van der Waals surface area contributed by atoms with Crippen LogP contribution in [0, 0.1) is 0 Å². The van der Waals surface area contributed by atoms with Crippen LogP contribution in [0.25, 0.3) is 0 Å². The van der Waals surface area contributed by atoms with Gasteiger partial charge in [0, 0.05) is 11.6 Å². The van der Waals surface area contributed by atoms with E-state index in [1.54, 1.807) is 0 Å². The van der Waals surface area contributed by atoms with E-state index >= 15 is 0 Å². The number of nitrogens with zero attached hydrogens (tertiary/aromatic N) is 2. The fraction of sp³-hybridized carbons (Fsp3) is 0.812. The minimum atomic E-state index is -0.219. The predicted molar refractivity (Wildman–Crippen MR) is 84.6 cm³/mol. The summed E-state index contributed by atoms with van der Waals surface area (Å²) >= 11 is 0. The summed E-state index contributed by atoms with van der Waals surface area (Å²) in [5.41, 5.74) is 0.684. The molecule has 0 aromatic carbocycles. The largest absolute Gasteiger partial charge is 0.443 e. The van der Waals surface area contributed by atoms with Gasteiger partial charge in [-0.2, -0.15) is 0 Å². The molecule has 0 aliphatic heterocycles. The van der Waals surface area contributed by atoms with Gasteiger partial charge in [0.05, 0.1) is 0 Å². The van der Waals surface area contributed by atoms with Gasteiger partial charge in [-0.05, 0) is 47.0 Å². The summed E-state index contributed by atoms with van der Waals surface area (Å²) in [5, 5.41) is 0. The average Bonchev–Trinajstić information content (AvgIpc) is 2.41. The van der Waals surface area contributed by atoms with Gasteiger partial charge in [-0.25, -0.2) is 4.79 Å². The molecule has 0 aliphatic rings. The Kier molecular flexibility index (Phi) is 9.51. The lowest BCUT2D eigenvalue weighted by Crippen LogP contribution is -2.36. The molecular formula is C16H32N2O2. The molecule has 0 amide bonds. The van der Waals surface area contributed by atoms with Crippen molar-refractivity contribution >= 4 is 5.97 Å². The summed E-state index contributed by atoms with van der Waals surface area (Å²) in [6.07, 6.45) is 1.81. The van der Waals surface area contributed by atoms with Crippen LogP contribution in [-0.2, 0) is 9.53 Å². The molecular weight excluding hydrogens is 252 g/mol. The van der Waals surface area contributed by atoms with Crippen LogP contribution in [0.5, 0.6) is 0 Å². The molecule has 118 valence electrons. The van der Waals surface area contributed by atoms with Crippen LogP contribution in [0.2, 0.25) is 0 Å². The van der Waals surface area contributed by atoms with Gasteiger partial charge in [-0.1, -0.05) is 33.8 Å². The molecule has 20 heavy (non-hydrogen) atoms. The number of carbonyl (C=O) groups excluding carboxylic acids is 1. The minimum Gasteiger partial charge on any atom is -0.443 e. The van der Waals surface area contributed by atoms with Crippen molar-refractivity contribution in [3.8, 4) is 0 Å². The Morgan fingerprint density at radius 3 is 1.85 bits per heavy atom. The standard InChI is InChI=1S/C16H32N2O2/c1-8-17(9-2)14(6)12-13(5)16(19)20-15(7)18(10-3)11-4/h12,14-15H,8-11H2,1-7H3/b13-12+. The summed E-state index contributed by atoms with van der Waals surface area (Å²) in [6, 6.07) is 0.251. The van der Waals surface area contributed by atoms with Crippen LogP contribution in [0.4, 0.5) is 0 Å². The molecule has 0 spiro atoms. The van der Waals surface area contributed by atoms with E-state index < -0.39 is 0 Å². The molecule has 2 unspecified atom stereocenters. The maximum Gasteiger partial charge on any atom is 0.335 e. The Morgan fingerprint density at radius 1 is 1.00 bits per heavy atom. The fourth-order valence-corrected chi connectivity index (χ4v) is 2.40. The van der Waals surface area contributed by atoms with E-state index in [0.29, 0.717) is 5.57 Å². The molecule has 0 N–H and O–H groups in total. The van der Waals surface area contributed by atoms with E-state index in [1.165, 1.54) is 0 Å². The van der Waals surface area contributed by atoms with Crippen LogP contribution >= 0.6 is 0 Å². The molecule has 0 saturated heterocycles. The molecule has 0 saturated carbocycles. The van der Waals surface area contributed by atoms with Gasteiger partial charge < -0.3 is 4.74 Å². The molecule has 4 heteroatoms. The second-order valence-corrected chi connectivity index (χ2v) is 5.04. The molecule has 2 atom stereocenters. The third kappa shape index (κ3) is 6.06. The van der Waals surface area contributed by atoms with Crippen molar-refractivity contribution in [3.63, 3.8) is 0 Å². The van der Waals surface area contributed by atoms with E-state index in [-0.39, 0.29) is 18.2 Å². The van der Waals surface area contributed by atoms with E-state index in [9.17, 15) is 4.79 Å². The number of carbonyl (C=O) groups is 1. The van der Waals surface area contributed by atoms with Crippen molar-refractivity contribution in [1.82, 2.24) is 9.80 Å². The molecule has 0 heterocycles. The van der Waals surface area contributed by atoms with Crippen LogP contribution in [0.15, 0.2) is 11.6 Å². The molecule has 0 bridgehead atoms. The highest BCUT2D eigenvalue weighted by Gasteiger charge is 2.17. The topological polar surface area (TPSA) is 32.8 Å². The summed E-state index contributed by atoms with van der Waals surface area (Å²) in [5.74, 6) is -0.219. The Morgan fingerprint density at radius 2 is 1.45 bits per heavy atom. The van der Waals surface area contributed by atoms with E-state index in [4.69, 9.17) is 4.74 Å². The van der Waals surface area contributed by atoms with Crippen molar-refractivity contribution in [1.29, 1.82) is 0 Å². The van der Waals surface area contributed by atoms with Gasteiger partial charge in [-0.15, -0.1) is 0 Å². The first kappa shape index (κ1) is 19.1. The lowest BCUT2D eigenvalue weighted by atomic mass is 10.2. The lowest BCUT2D eigenvalue weighted by Gasteiger charge is -2.27. The zero-order valence-corrected chi connectivity index (χ0v) is 14.3. The monoisotopic (exact) mass is 284 g/mol. The Bertz CT molecular complexity index is 308. The van der Waals surface area contributed by atoms with Crippen LogP contribution < -0.4 is 0 Å². The number of hydrogen-bond donors (Lipinski definition) is 0. The van der Waals surface area contributed by atoms with Crippen molar-refractivity contribution in [3.05, 3.63) is 11.6 Å². The summed E-state index contributed by atoms with van der Waals surface area (Å²) < 4.78 is 5.50. The van der Waals surface area contributed by atoms with Gasteiger partial charge in [0.2, 0.25) is 0 Å². The van der Waals surface area contributed by atoms with Crippen molar-refractivity contribution < 1.29 is 9.53 Å². The molecule has 4 nitrogen and oxygen atoms in total. The van der Waals surface area contributed by atoms with Crippen LogP contribution in [0.3, 0.4) is 0 Å². The van der Waals surface area contributed by atoms with Crippen LogP contribution in [-0.4, -0.2) is 54.2 Å². The summed E-state index contributed by atoms with van der Waals surface area (Å²) in [4.78, 5) is 16.5. The zero-order valence-electron chi connectivity index (χ0n) is 14.3. The van der Waals surface area contributed by atoms with Gasteiger partial charge in [0.25, 0.3) is 0 Å². The quantitative estimate of drug-likeness (QED) is 0.370. The number of rotatable bonds is 9. The number of likely N-dealkylation sites (N-methyl/N-ethyl adjacent to an activating group) is 1. The van der Waals surface area contributed by atoms with E-state index in [0.717, 1.165) is 26.2 Å². The maximum atomic E-state index is 12.1. The molecule has 0 aromatic rings. The summed E-state index contributed by atoms with van der Waals surface area (Å²) in [6.45, 7) is 18.0. The van der Waals surface area contributed by atoms with E-state index in [1.807, 2.05) is 19.9 Å². The zero-order chi connectivity index (χ0) is 15.7. The lowest BCUT2D eigenvalue weighted by molar-refractivity contribution is -0.152. The molecule has 0 radical (unpaired) electrons. The highest BCUT2D eigenvalue weighted by Crippen LogP contribution is 2.08. The van der Waals surface area contributed by atoms with Crippen molar-refractivity contribution in [2.24, 2.45) is 0 Å². The first-order valence-electron chi connectivity index (χ1n) is 7.78. The van der Waals surface area contributed by atoms with Gasteiger partial charge in [0.15, 0.2) is 6.23 Å². The molecule has 0 rings (SSSR count). The number of esters is 1. The van der Waals surface area contributed by atoms with Gasteiger partial charge in [-0.3, -0.25) is 9.80 Å². The first-order valence-corrected chi connectivity index (χ1v) is 7.78. The van der Waals surface area contributed by atoms with Crippen molar-refractivity contribution in [2.45, 2.75) is 60.7 Å². The average molecular weight is 284 g/mol. The Hall–Kier alpha value is -0.870. The third-order valence-electron chi connectivity index (χ3n) is 3.81. The Labute approximate surface area is 124 Å². The maximum absolute atomic E-state index is 12.1. The molecule has 0 aromatic heterocycles. The third-order valence-corrected chi connectivity index (χ3v) is 3.81. The number of hydrogen-bond acceptors (Lipinski definition) is 4. The van der Waals surface area contributed by atoms with E-state index in [2.05, 4.69) is 44.4 Å². The Balaban J connectivity index is 4.61. The normalized spacial score (nSPS) is 15.6. The highest BCUT2D eigenvalue weighted by molar-refractivity contribution is 5.87. The molecule has 0 aliphatic carbocycles. The smallest absolute Gasteiger partial charge is 0.335 e. The van der Waals surface area contributed by atoms with Gasteiger partial charge >= 0.3 is 5.97 Å². The first-order chi connectivity index (χ1) is 9.40. The highest BCUT2D eigenvalue weighted by atomic mass is 16.6. The minimum absolute atomic E-state index is 0.176. The van der Waals surface area contributed by atoms with Crippen molar-refractivity contribution in [2.75, 3.05) is 26.2 Å². The van der Waals surface area contributed by atoms with Gasteiger partial charge in [0.1, 0.15) is 0 Å². The second-order valence-electron chi connectivity index (χ2n) is 5.04. The predicted octanol–water partition coefficient (Wildman–Crippen LogP) is 2.89. The summed E-state index contributed by atoms with van der Waals surface area (Å²) in [7, 11) is 0. The fourth-order valence-electron chi connectivity index (χ4n) is 2.40. The van der Waals surface area contributed by atoms with Crippen LogP contribution in [0.1, 0.15) is 48.5 Å².